The predicted octanol–water partition coefficient (Wildman–Crippen LogP) is 4.11. The number of halogens is 1. The molecule has 0 unspecified atom stereocenters. The zero-order chi connectivity index (χ0) is 20.5. The minimum atomic E-state index is -0.399. The van der Waals surface area contributed by atoms with Crippen molar-refractivity contribution in [3.8, 4) is 5.75 Å². The lowest BCUT2D eigenvalue weighted by molar-refractivity contribution is 0.0950. The molecule has 2 rings (SSSR count). The van der Waals surface area contributed by atoms with Crippen LogP contribution < -0.4 is 20.7 Å². The van der Waals surface area contributed by atoms with E-state index in [1.165, 1.54) is 7.11 Å². The molecule has 8 heteroatoms. The number of carbonyl (C=O) groups is 2. The van der Waals surface area contributed by atoms with Crippen LogP contribution in [-0.4, -0.2) is 30.6 Å². The summed E-state index contributed by atoms with van der Waals surface area (Å²) >= 11 is 8.56. The molecule has 0 atom stereocenters. The van der Waals surface area contributed by atoms with Gasteiger partial charge in [0.05, 0.1) is 12.7 Å². The van der Waals surface area contributed by atoms with Gasteiger partial charge in [0.2, 0.25) is 0 Å². The first-order valence-corrected chi connectivity index (χ1v) is 9.99. The topological polar surface area (TPSA) is 79.5 Å². The van der Waals surface area contributed by atoms with Crippen LogP contribution in [0.3, 0.4) is 0 Å². The van der Waals surface area contributed by atoms with Gasteiger partial charge in [0.1, 0.15) is 5.75 Å². The van der Waals surface area contributed by atoms with Crippen LogP contribution in [0.4, 0.5) is 5.69 Å². The molecular formula is C20H22BrN3O3S. The second-order valence-corrected chi connectivity index (χ2v) is 7.27. The largest absolute Gasteiger partial charge is 0.496 e. The molecule has 2 amide bonds. The van der Waals surface area contributed by atoms with Crippen LogP contribution >= 0.6 is 28.1 Å². The predicted molar refractivity (Wildman–Crippen MR) is 118 cm³/mol. The number of hydrogen-bond acceptors (Lipinski definition) is 4. The number of benzene rings is 2. The molecule has 0 saturated carbocycles. The maximum atomic E-state index is 12.5. The Hall–Kier alpha value is -2.45. The highest BCUT2D eigenvalue weighted by Crippen LogP contribution is 2.22. The van der Waals surface area contributed by atoms with Crippen LogP contribution in [0.25, 0.3) is 0 Å². The van der Waals surface area contributed by atoms with Gasteiger partial charge in [-0.05, 0) is 55.0 Å². The molecule has 0 saturated heterocycles. The Labute approximate surface area is 178 Å². The Bertz CT molecular complexity index is 874. The van der Waals surface area contributed by atoms with Crippen molar-refractivity contribution in [3.05, 3.63) is 58.1 Å². The van der Waals surface area contributed by atoms with E-state index < -0.39 is 5.91 Å². The number of ether oxygens (including phenoxy) is 1. The molecule has 3 N–H and O–H groups in total. The van der Waals surface area contributed by atoms with E-state index in [2.05, 4.69) is 38.8 Å². The zero-order valence-corrected chi connectivity index (χ0v) is 18.1. The fraction of sp³-hybridized carbons (Fsp3) is 0.250. The van der Waals surface area contributed by atoms with Gasteiger partial charge in [0.25, 0.3) is 11.8 Å². The van der Waals surface area contributed by atoms with E-state index in [1.54, 1.807) is 42.5 Å². The summed E-state index contributed by atoms with van der Waals surface area (Å²) in [5.74, 6) is -0.107. The van der Waals surface area contributed by atoms with E-state index in [-0.39, 0.29) is 11.0 Å². The van der Waals surface area contributed by atoms with Crippen molar-refractivity contribution in [2.24, 2.45) is 0 Å². The van der Waals surface area contributed by atoms with Crippen LogP contribution in [0.1, 0.15) is 40.5 Å². The summed E-state index contributed by atoms with van der Waals surface area (Å²) in [4.78, 5) is 24.7. The Balaban J connectivity index is 2.01. The summed E-state index contributed by atoms with van der Waals surface area (Å²) in [5, 5.41) is 8.53. The molecule has 0 aliphatic rings. The molecule has 0 heterocycles. The van der Waals surface area contributed by atoms with Gasteiger partial charge in [-0.3, -0.25) is 14.9 Å². The smallest absolute Gasteiger partial charge is 0.261 e. The minimum Gasteiger partial charge on any atom is -0.496 e. The number of hydrogen-bond donors (Lipinski definition) is 3. The molecule has 0 spiro atoms. The van der Waals surface area contributed by atoms with Crippen molar-refractivity contribution in [2.45, 2.75) is 19.8 Å². The molecule has 0 aliphatic carbocycles. The number of amides is 2. The molecule has 0 fully saturated rings. The van der Waals surface area contributed by atoms with E-state index in [4.69, 9.17) is 17.0 Å². The Kier molecular flexibility index (Phi) is 8.41. The fourth-order valence-electron chi connectivity index (χ4n) is 2.41. The molecular weight excluding hydrogens is 442 g/mol. The average molecular weight is 464 g/mol. The molecule has 0 radical (unpaired) electrons. The molecule has 148 valence electrons. The van der Waals surface area contributed by atoms with Gasteiger partial charge in [0, 0.05) is 22.3 Å². The third-order valence-electron chi connectivity index (χ3n) is 3.83. The van der Waals surface area contributed by atoms with Crippen molar-refractivity contribution >= 4 is 50.8 Å². The molecule has 2 aromatic rings. The second-order valence-electron chi connectivity index (χ2n) is 5.94. The van der Waals surface area contributed by atoms with Crippen LogP contribution in [0, 0.1) is 0 Å². The summed E-state index contributed by atoms with van der Waals surface area (Å²) < 4.78 is 5.96. The summed E-state index contributed by atoms with van der Waals surface area (Å²) in [6.45, 7) is 2.70. The van der Waals surface area contributed by atoms with Gasteiger partial charge >= 0.3 is 0 Å². The van der Waals surface area contributed by atoms with Crippen molar-refractivity contribution in [3.63, 3.8) is 0 Å². The van der Waals surface area contributed by atoms with Crippen molar-refractivity contribution in [2.75, 3.05) is 19.0 Å². The van der Waals surface area contributed by atoms with E-state index in [9.17, 15) is 9.59 Å². The SMILES string of the molecule is CCCCNC(=O)c1cccc(NC(=S)NC(=O)c2cc(Br)ccc2OC)c1. The first-order valence-electron chi connectivity index (χ1n) is 8.78. The molecule has 28 heavy (non-hydrogen) atoms. The third kappa shape index (κ3) is 6.31. The monoisotopic (exact) mass is 463 g/mol. The van der Waals surface area contributed by atoms with Crippen LogP contribution in [0.15, 0.2) is 46.9 Å². The zero-order valence-electron chi connectivity index (χ0n) is 15.7. The lowest BCUT2D eigenvalue weighted by atomic mass is 10.2. The Morgan fingerprint density at radius 2 is 1.93 bits per heavy atom. The molecule has 6 nitrogen and oxygen atoms in total. The number of methoxy groups -OCH3 is 1. The minimum absolute atomic E-state index is 0.121. The Morgan fingerprint density at radius 3 is 2.64 bits per heavy atom. The highest BCUT2D eigenvalue weighted by atomic mass is 79.9. The molecule has 0 aliphatic heterocycles. The van der Waals surface area contributed by atoms with Crippen molar-refractivity contribution in [1.29, 1.82) is 0 Å². The van der Waals surface area contributed by atoms with Crippen LogP contribution in [0.5, 0.6) is 5.75 Å². The number of rotatable bonds is 7. The van der Waals surface area contributed by atoms with Crippen LogP contribution in [0.2, 0.25) is 0 Å². The van der Waals surface area contributed by atoms with Crippen LogP contribution in [-0.2, 0) is 0 Å². The quantitative estimate of drug-likeness (QED) is 0.425. The third-order valence-corrected chi connectivity index (χ3v) is 4.53. The number of nitrogens with one attached hydrogen (secondary N) is 3. The highest BCUT2D eigenvalue weighted by Gasteiger charge is 2.14. The van der Waals surface area contributed by atoms with Crippen molar-refractivity contribution < 1.29 is 14.3 Å². The second kappa shape index (κ2) is 10.8. The molecule has 0 bridgehead atoms. The van der Waals surface area contributed by atoms with Gasteiger partial charge in [-0.1, -0.05) is 35.3 Å². The Morgan fingerprint density at radius 1 is 1.14 bits per heavy atom. The maximum absolute atomic E-state index is 12.5. The van der Waals surface area contributed by atoms with E-state index in [0.717, 1.165) is 17.3 Å². The van der Waals surface area contributed by atoms with Gasteiger partial charge < -0.3 is 15.4 Å². The van der Waals surface area contributed by atoms with E-state index in [1.807, 2.05) is 0 Å². The number of anilines is 1. The van der Waals surface area contributed by atoms with Gasteiger partial charge in [-0.2, -0.15) is 0 Å². The summed E-state index contributed by atoms with van der Waals surface area (Å²) in [6, 6.07) is 12.0. The summed E-state index contributed by atoms with van der Waals surface area (Å²) in [7, 11) is 1.49. The first-order chi connectivity index (χ1) is 13.4. The molecule has 0 aromatic heterocycles. The average Bonchev–Trinajstić information content (AvgIpc) is 2.68. The number of unbranched alkanes of at least 4 members (excludes halogenated alkanes) is 1. The fourth-order valence-corrected chi connectivity index (χ4v) is 2.98. The first kappa shape index (κ1) is 21.8. The number of thiocarbonyl (C=S) groups is 1. The lowest BCUT2D eigenvalue weighted by Gasteiger charge is -2.12. The molecule has 2 aromatic carbocycles. The van der Waals surface area contributed by atoms with Gasteiger partial charge in [-0.15, -0.1) is 0 Å². The van der Waals surface area contributed by atoms with Gasteiger partial charge in [0.15, 0.2) is 5.11 Å². The van der Waals surface area contributed by atoms with Crippen molar-refractivity contribution in [1.82, 2.24) is 10.6 Å². The normalized spacial score (nSPS) is 10.1. The maximum Gasteiger partial charge on any atom is 0.261 e. The van der Waals surface area contributed by atoms with E-state index >= 15 is 0 Å². The summed E-state index contributed by atoms with van der Waals surface area (Å²) in [5.41, 5.74) is 1.48. The summed E-state index contributed by atoms with van der Waals surface area (Å²) in [6.07, 6.45) is 1.94. The van der Waals surface area contributed by atoms with Gasteiger partial charge in [-0.25, -0.2) is 0 Å². The number of carbonyl (C=O) groups excluding carboxylic acids is 2. The lowest BCUT2D eigenvalue weighted by Crippen LogP contribution is -2.34. The van der Waals surface area contributed by atoms with E-state index in [0.29, 0.717) is 29.1 Å². The highest BCUT2D eigenvalue weighted by molar-refractivity contribution is 9.10. The standard InChI is InChI=1S/C20H22BrN3O3S/c1-3-4-10-22-18(25)13-6-5-7-15(11-13)23-20(28)24-19(26)16-12-14(21)8-9-17(16)27-2/h5-9,11-12H,3-4,10H2,1-2H3,(H,22,25)(H2,23,24,26,28).